The Balaban J connectivity index is 1.35. The maximum Gasteiger partial charge on any atom is 0.283 e. The molecule has 4 aromatic rings. The number of halogens is 1. The van der Waals surface area contributed by atoms with Crippen molar-refractivity contribution in [3.05, 3.63) is 71.0 Å². The molecule has 1 aliphatic carbocycles. The molecule has 0 saturated heterocycles. The number of aromatic nitrogens is 3. The molecule has 1 aliphatic rings. The monoisotopic (exact) mass is 585 g/mol. The van der Waals surface area contributed by atoms with E-state index >= 15 is 0 Å². The molecule has 2 aromatic heterocycles. The van der Waals surface area contributed by atoms with Gasteiger partial charge in [-0.2, -0.15) is 5.10 Å². The van der Waals surface area contributed by atoms with Gasteiger partial charge in [-0.1, -0.05) is 40.8 Å². The SMILES string of the molecule is O=C(NCCCI)c1cccc(CN(C(=O)c2nc3ccc(-c4cn[nH]c4)cc3s2)C2CC2)c1. The predicted molar refractivity (Wildman–Crippen MR) is 142 cm³/mol. The molecule has 5 rings (SSSR count). The molecule has 7 nitrogen and oxygen atoms in total. The summed E-state index contributed by atoms with van der Waals surface area (Å²) in [6, 6.07) is 13.8. The topological polar surface area (TPSA) is 91.0 Å². The van der Waals surface area contributed by atoms with E-state index < -0.39 is 0 Å². The number of aromatic amines is 1. The number of benzene rings is 2. The van der Waals surface area contributed by atoms with Crippen molar-refractivity contribution in [1.82, 2.24) is 25.4 Å². The van der Waals surface area contributed by atoms with Crippen molar-refractivity contribution in [3.63, 3.8) is 0 Å². The molecule has 0 aliphatic heterocycles. The summed E-state index contributed by atoms with van der Waals surface area (Å²) >= 11 is 3.72. The fourth-order valence-electron chi connectivity index (χ4n) is 3.86. The number of nitrogens with one attached hydrogen (secondary N) is 2. The largest absolute Gasteiger partial charge is 0.352 e. The molecule has 0 radical (unpaired) electrons. The summed E-state index contributed by atoms with van der Waals surface area (Å²) < 4.78 is 1.98. The summed E-state index contributed by atoms with van der Waals surface area (Å²) in [5, 5.41) is 10.3. The number of fused-ring (bicyclic) bond motifs is 1. The van der Waals surface area contributed by atoms with E-state index in [0.717, 1.165) is 50.6 Å². The normalized spacial score (nSPS) is 13.2. The van der Waals surface area contributed by atoms with E-state index in [1.165, 1.54) is 11.3 Å². The number of hydrogen-bond acceptors (Lipinski definition) is 5. The quantitative estimate of drug-likeness (QED) is 0.164. The Morgan fingerprint density at radius 3 is 2.82 bits per heavy atom. The van der Waals surface area contributed by atoms with E-state index in [1.807, 2.05) is 47.5 Å². The van der Waals surface area contributed by atoms with Crippen LogP contribution in [0.4, 0.5) is 0 Å². The van der Waals surface area contributed by atoms with Gasteiger partial charge in [0.1, 0.15) is 0 Å². The highest BCUT2D eigenvalue weighted by Gasteiger charge is 2.34. The van der Waals surface area contributed by atoms with Crippen molar-refractivity contribution in [2.24, 2.45) is 0 Å². The summed E-state index contributed by atoms with van der Waals surface area (Å²) in [4.78, 5) is 32.5. The van der Waals surface area contributed by atoms with E-state index in [0.29, 0.717) is 23.7 Å². The first-order valence-electron chi connectivity index (χ1n) is 11.3. The zero-order chi connectivity index (χ0) is 23.5. The summed E-state index contributed by atoms with van der Waals surface area (Å²) in [5.74, 6) is -0.124. The Hall–Kier alpha value is -2.79. The predicted octanol–water partition coefficient (Wildman–Crippen LogP) is 5.05. The molecular formula is C25H24IN5O2S. The maximum absolute atomic E-state index is 13.5. The van der Waals surface area contributed by atoms with E-state index in [4.69, 9.17) is 0 Å². The molecule has 1 saturated carbocycles. The second-order valence-electron chi connectivity index (χ2n) is 8.35. The minimum absolute atomic E-state index is 0.0505. The third-order valence-electron chi connectivity index (χ3n) is 5.79. The molecule has 2 amide bonds. The fraction of sp³-hybridized carbons (Fsp3) is 0.280. The van der Waals surface area contributed by atoms with Crippen LogP contribution < -0.4 is 5.32 Å². The summed E-state index contributed by atoms with van der Waals surface area (Å²) in [6.07, 6.45) is 6.57. The van der Waals surface area contributed by atoms with Crippen LogP contribution in [0.25, 0.3) is 21.3 Å². The average molecular weight is 585 g/mol. The van der Waals surface area contributed by atoms with Gasteiger partial charge in [0.15, 0.2) is 5.01 Å². The Morgan fingerprint density at radius 1 is 1.18 bits per heavy atom. The standard InChI is InChI=1S/C25H24IN5O2S/c26-9-2-10-27-23(32)18-4-1-3-16(11-18)15-31(20-6-7-20)25(33)24-30-21-8-5-17(12-22(21)34-24)19-13-28-29-14-19/h1,3-5,8,11-14,20H,2,6-7,9-10,15H2,(H,27,32)(H,28,29). The van der Waals surface area contributed by atoms with Crippen LogP contribution in [0.15, 0.2) is 54.9 Å². The Morgan fingerprint density at radius 2 is 2.06 bits per heavy atom. The molecule has 2 N–H and O–H groups in total. The van der Waals surface area contributed by atoms with Crippen LogP contribution in [-0.4, -0.2) is 48.9 Å². The van der Waals surface area contributed by atoms with E-state index in [9.17, 15) is 9.59 Å². The number of carbonyl (C=O) groups is 2. The van der Waals surface area contributed by atoms with Gasteiger partial charge in [-0.15, -0.1) is 11.3 Å². The highest BCUT2D eigenvalue weighted by molar-refractivity contribution is 14.1. The summed E-state index contributed by atoms with van der Waals surface area (Å²) in [5.41, 5.74) is 4.44. The first-order valence-corrected chi connectivity index (χ1v) is 13.6. The van der Waals surface area contributed by atoms with Gasteiger partial charge in [0, 0.05) is 40.9 Å². The molecule has 0 spiro atoms. The summed E-state index contributed by atoms with van der Waals surface area (Å²) in [6.45, 7) is 1.13. The van der Waals surface area contributed by atoms with Gasteiger partial charge >= 0.3 is 0 Å². The van der Waals surface area contributed by atoms with E-state index in [-0.39, 0.29) is 17.9 Å². The van der Waals surface area contributed by atoms with Crippen LogP contribution in [-0.2, 0) is 6.54 Å². The number of amides is 2. The number of thiazole rings is 1. The number of H-pyrrole nitrogens is 1. The van der Waals surface area contributed by atoms with Crippen molar-refractivity contribution in [2.45, 2.75) is 31.8 Å². The lowest BCUT2D eigenvalue weighted by Crippen LogP contribution is -2.32. The molecular weight excluding hydrogens is 561 g/mol. The van der Waals surface area contributed by atoms with Gasteiger partial charge in [-0.3, -0.25) is 14.7 Å². The molecule has 1 fully saturated rings. The smallest absolute Gasteiger partial charge is 0.283 e. The average Bonchev–Trinajstić information content (AvgIpc) is 3.37. The molecule has 174 valence electrons. The number of rotatable bonds is 9. The van der Waals surface area contributed by atoms with Crippen LogP contribution >= 0.6 is 33.9 Å². The zero-order valence-corrected chi connectivity index (χ0v) is 21.4. The molecule has 0 unspecified atom stereocenters. The van der Waals surface area contributed by atoms with Crippen LogP contribution in [0, 0.1) is 0 Å². The second-order valence-corrected chi connectivity index (χ2v) is 10.5. The van der Waals surface area contributed by atoms with E-state index in [2.05, 4.69) is 49.2 Å². The molecule has 0 atom stereocenters. The number of nitrogens with zero attached hydrogens (tertiary/aromatic N) is 3. The van der Waals surface area contributed by atoms with Crippen molar-refractivity contribution >= 4 is 56.0 Å². The minimum Gasteiger partial charge on any atom is -0.352 e. The van der Waals surface area contributed by atoms with Gasteiger partial charge < -0.3 is 10.2 Å². The third kappa shape index (κ3) is 5.15. The molecule has 2 heterocycles. The Labute approximate surface area is 215 Å². The van der Waals surface area contributed by atoms with Gasteiger partial charge in [-0.05, 0) is 54.7 Å². The van der Waals surface area contributed by atoms with Crippen LogP contribution in [0.3, 0.4) is 0 Å². The maximum atomic E-state index is 13.5. The lowest BCUT2D eigenvalue weighted by molar-refractivity contribution is 0.0729. The Bertz CT molecular complexity index is 1320. The summed E-state index contributed by atoms with van der Waals surface area (Å²) in [7, 11) is 0. The number of alkyl halides is 1. The Kier molecular flexibility index (Phi) is 6.91. The van der Waals surface area contributed by atoms with Gasteiger partial charge in [0.05, 0.1) is 16.4 Å². The van der Waals surface area contributed by atoms with Crippen molar-refractivity contribution in [3.8, 4) is 11.1 Å². The minimum atomic E-state index is -0.0735. The molecule has 2 aromatic carbocycles. The van der Waals surface area contributed by atoms with Crippen molar-refractivity contribution < 1.29 is 9.59 Å². The first-order chi connectivity index (χ1) is 16.6. The van der Waals surface area contributed by atoms with Crippen LogP contribution in [0.5, 0.6) is 0 Å². The lowest BCUT2D eigenvalue weighted by atomic mass is 10.1. The van der Waals surface area contributed by atoms with Gasteiger partial charge in [0.2, 0.25) is 0 Å². The fourth-order valence-corrected chi connectivity index (χ4v) is 5.20. The van der Waals surface area contributed by atoms with Crippen LogP contribution in [0.1, 0.15) is 45.0 Å². The molecule has 0 bridgehead atoms. The van der Waals surface area contributed by atoms with Gasteiger partial charge in [0.25, 0.3) is 11.8 Å². The zero-order valence-electron chi connectivity index (χ0n) is 18.5. The molecule has 34 heavy (non-hydrogen) atoms. The van der Waals surface area contributed by atoms with E-state index in [1.54, 1.807) is 6.20 Å². The lowest BCUT2D eigenvalue weighted by Gasteiger charge is -2.21. The molecule has 9 heteroatoms. The number of hydrogen-bond donors (Lipinski definition) is 2. The van der Waals surface area contributed by atoms with Crippen LogP contribution in [0.2, 0.25) is 0 Å². The number of carbonyl (C=O) groups excluding carboxylic acids is 2. The van der Waals surface area contributed by atoms with Crippen molar-refractivity contribution in [1.29, 1.82) is 0 Å². The highest BCUT2D eigenvalue weighted by atomic mass is 127. The van der Waals surface area contributed by atoms with Gasteiger partial charge in [-0.25, -0.2) is 4.98 Å². The second kappa shape index (κ2) is 10.2. The third-order valence-corrected chi connectivity index (χ3v) is 7.56. The highest BCUT2D eigenvalue weighted by Crippen LogP contribution is 2.33. The van der Waals surface area contributed by atoms with Crippen molar-refractivity contribution in [2.75, 3.05) is 11.0 Å². The first kappa shape index (κ1) is 23.0.